The fourth-order valence-electron chi connectivity index (χ4n) is 2.58. The van der Waals surface area contributed by atoms with Gasteiger partial charge in [-0.25, -0.2) is 9.59 Å². The number of rotatable bonds is 4. The summed E-state index contributed by atoms with van der Waals surface area (Å²) in [6, 6.07) is 8.46. The van der Waals surface area contributed by atoms with Crippen molar-refractivity contribution in [1.29, 1.82) is 0 Å². The smallest absolute Gasteiger partial charge is 0.429 e. The van der Waals surface area contributed by atoms with Crippen LogP contribution in [0.2, 0.25) is 0 Å². The Morgan fingerprint density at radius 3 is 2.48 bits per heavy atom. The van der Waals surface area contributed by atoms with Crippen LogP contribution >= 0.6 is 0 Å². The largest absolute Gasteiger partial charge is 0.516 e. The quantitative estimate of drug-likeness (QED) is 0.681. The van der Waals surface area contributed by atoms with E-state index in [0.717, 1.165) is 31.2 Å². The number of carbonyl (C=O) groups excluding carboxylic acids is 2. The lowest BCUT2D eigenvalue weighted by Crippen LogP contribution is -2.41. The Morgan fingerprint density at radius 1 is 1.14 bits per heavy atom. The Labute approximate surface area is 124 Å². The highest BCUT2D eigenvalue weighted by atomic mass is 16.7. The normalized spacial score (nSPS) is 17.0. The van der Waals surface area contributed by atoms with Crippen molar-refractivity contribution in [2.24, 2.45) is 11.7 Å². The zero-order valence-corrected chi connectivity index (χ0v) is 12.0. The van der Waals surface area contributed by atoms with E-state index in [4.69, 9.17) is 10.5 Å². The molecule has 1 aromatic rings. The number of hydrogen-bond donors (Lipinski definition) is 1. The van der Waals surface area contributed by atoms with Gasteiger partial charge in [0.15, 0.2) is 0 Å². The molecule has 1 atom stereocenters. The molecule has 5 nitrogen and oxygen atoms in total. The van der Waals surface area contributed by atoms with Crippen molar-refractivity contribution in [2.45, 2.75) is 44.8 Å². The van der Waals surface area contributed by atoms with E-state index >= 15 is 0 Å². The first kappa shape index (κ1) is 15.5. The van der Waals surface area contributed by atoms with Crippen LogP contribution in [0.3, 0.4) is 0 Å². The van der Waals surface area contributed by atoms with Crippen molar-refractivity contribution < 1.29 is 19.1 Å². The lowest BCUT2D eigenvalue weighted by atomic mass is 9.84. The molecule has 1 aliphatic rings. The zero-order chi connectivity index (χ0) is 15.1. The molecular weight excluding hydrogens is 270 g/mol. The van der Waals surface area contributed by atoms with Crippen molar-refractivity contribution in [3.8, 4) is 0 Å². The van der Waals surface area contributed by atoms with Crippen molar-refractivity contribution in [3.05, 3.63) is 35.9 Å². The van der Waals surface area contributed by atoms with Crippen LogP contribution < -0.4 is 5.73 Å². The maximum Gasteiger partial charge on any atom is 0.516 e. The van der Waals surface area contributed by atoms with Gasteiger partial charge in [0.1, 0.15) is 12.6 Å². The summed E-state index contributed by atoms with van der Waals surface area (Å²) in [5, 5.41) is 0. The van der Waals surface area contributed by atoms with Crippen LogP contribution in [-0.2, 0) is 20.9 Å². The van der Waals surface area contributed by atoms with E-state index in [1.54, 1.807) is 0 Å². The lowest BCUT2D eigenvalue weighted by Gasteiger charge is -2.25. The molecule has 2 rings (SSSR count). The summed E-state index contributed by atoms with van der Waals surface area (Å²) in [5.74, 6) is -0.590. The molecule has 0 amide bonds. The van der Waals surface area contributed by atoms with Gasteiger partial charge >= 0.3 is 12.1 Å². The molecule has 0 aromatic heterocycles. The maximum absolute atomic E-state index is 11.8. The molecule has 5 heteroatoms. The third-order valence-electron chi connectivity index (χ3n) is 3.81. The second-order valence-electron chi connectivity index (χ2n) is 5.37. The van der Waals surface area contributed by atoms with Crippen LogP contribution in [0.15, 0.2) is 30.3 Å². The molecule has 0 bridgehead atoms. The van der Waals surface area contributed by atoms with Crippen molar-refractivity contribution in [1.82, 2.24) is 0 Å². The fourth-order valence-corrected chi connectivity index (χ4v) is 2.58. The SMILES string of the molecule is NC(C(=O)OC(=O)OCc1ccccc1)C1CCCCC1. The minimum absolute atomic E-state index is 0.0750. The number of hydrogen-bond acceptors (Lipinski definition) is 5. The van der Waals surface area contributed by atoms with Gasteiger partial charge in [0.25, 0.3) is 0 Å². The number of ether oxygens (including phenoxy) is 2. The van der Waals surface area contributed by atoms with E-state index in [0.29, 0.717) is 0 Å². The summed E-state index contributed by atoms with van der Waals surface area (Å²) < 4.78 is 9.56. The van der Waals surface area contributed by atoms with Crippen LogP contribution in [0.4, 0.5) is 4.79 Å². The summed E-state index contributed by atoms with van der Waals surface area (Å²) in [4.78, 5) is 23.3. The minimum atomic E-state index is -0.991. The molecule has 0 saturated heterocycles. The highest BCUT2D eigenvalue weighted by Crippen LogP contribution is 2.26. The number of nitrogens with two attached hydrogens (primary N) is 1. The van der Waals surface area contributed by atoms with Crippen molar-refractivity contribution in [3.63, 3.8) is 0 Å². The number of esters is 1. The summed E-state index contributed by atoms with van der Waals surface area (Å²) in [7, 11) is 0. The average Bonchev–Trinajstić information content (AvgIpc) is 2.54. The first-order chi connectivity index (χ1) is 10.2. The van der Waals surface area contributed by atoms with Gasteiger partial charge in [-0.3, -0.25) is 0 Å². The monoisotopic (exact) mass is 291 g/mol. The molecule has 0 spiro atoms. The van der Waals surface area contributed by atoms with Gasteiger partial charge < -0.3 is 15.2 Å². The Hall–Kier alpha value is -1.88. The Morgan fingerprint density at radius 2 is 1.81 bits per heavy atom. The van der Waals surface area contributed by atoms with E-state index in [2.05, 4.69) is 4.74 Å². The van der Waals surface area contributed by atoms with Gasteiger partial charge in [-0.15, -0.1) is 0 Å². The van der Waals surface area contributed by atoms with Crippen molar-refractivity contribution in [2.75, 3.05) is 0 Å². The molecule has 0 aliphatic heterocycles. The maximum atomic E-state index is 11.8. The van der Waals surface area contributed by atoms with E-state index in [9.17, 15) is 9.59 Å². The summed E-state index contributed by atoms with van der Waals surface area (Å²) in [6.07, 6.45) is 4.16. The Kier molecular flexibility index (Phi) is 5.75. The molecule has 1 saturated carbocycles. The van der Waals surface area contributed by atoms with Gasteiger partial charge in [0, 0.05) is 0 Å². The molecule has 0 heterocycles. The molecule has 1 fully saturated rings. The van der Waals surface area contributed by atoms with Gasteiger partial charge in [0.05, 0.1) is 0 Å². The summed E-state index contributed by atoms with van der Waals surface area (Å²) in [5.41, 5.74) is 6.70. The third kappa shape index (κ3) is 4.86. The molecule has 0 radical (unpaired) electrons. The summed E-state index contributed by atoms with van der Waals surface area (Å²) in [6.45, 7) is 0.0750. The highest BCUT2D eigenvalue weighted by molar-refractivity contribution is 5.85. The molecular formula is C16H21NO4. The summed E-state index contributed by atoms with van der Waals surface area (Å²) >= 11 is 0. The molecule has 21 heavy (non-hydrogen) atoms. The zero-order valence-electron chi connectivity index (χ0n) is 12.0. The van der Waals surface area contributed by atoms with Crippen LogP contribution in [0.1, 0.15) is 37.7 Å². The predicted molar refractivity (Wildman–Crippen MR) is 77.3 cm³/mol. The number of benzene rings is 1. The predicted octanol–water partition coefficient (Wildman–Crippen LogP) is 2.77. The van der Waals surface area contributed by atoms with Crippen LogP contribution in [0.5, 0.6) is 0 Å². The minimum Gasteiger partial charge on any atom is -0.429 e. The lowest BCUT2D eigenvalue weighted by molar-refractivity contribution is -0.143. The van der Waals surface area contributed by atoms with Gasteiger partial charge in [-0.2, -0.15) is 0 Å². The van der Waals surface area contributed by atoms with E-state index in [1.807, 2.05) is 30.3 Å². The van der Waals surface area contributed by atoms with Gasteiger partial charge in [0.2, 0.25) is 0 Å². The second kappa shape index (κ2) is 7.78. The molecule has 1 aliphatic carbocycles. The topological polar surface area (TPSA) is 78.6 Å². The second-order valence-corrected chi connectivity index (χ2v) is 5.37. The van der Waals surface area contributed by atoms with Crippen LogP contribution in [-0.4, -0.2) is 18.2 Å². The highest BCUT2D eigenvalue weighted by Gasteiger charge is 2.29. The van der Waals surface area contributed by atoms with Gasteiger partial charge in [-0.1, -0.05) is 49.6 Å². The molecule has 1 unspecified atom stereocenters. The standard InChI is InChI=1S/C16H21NO4/c17-14(13-9-5-2-6-10-13)15(18)21-16(19)20-11-12-7-3-1-4-8-12/h1,3-4,7-8,13-14H,2,5-6,9-11,17H2. The third-order valence-corrected chi connectivity index (χ3v) is 3.81. The Bertz CT molecular complexity index is 468. The number of carbonyl (C=O) groups is 2. The first-order valence-electron chi connectivity index (χ1n) is 7.35. The molecule has 1 aromatic carbocycles. The van der Waals surface area contributed by atoms with E-state index in [1.165, 1.54) is 6.42 Å². The van der Waals surface area contributed by atoms with E-state index in [-0.39, 0.29) is 12.5 Å². The van der Waals surface area contributed by atoms with Crippen LogP contribution in [0.25, 0.3) is 0 Å². The van der Waals surface area contributed by atoms with Crippen molar-refractivity contribution >= 4 is 12.1 Å². The van der Waals surface area contributed by atoms with Crippen LogP contribution in [0, 0.1) is 5.92 Å². The molecule has 114 valence electrons. The fraction of sp³-hybridized carbons (Fsp3) is 0.500. The van der Waals surface area contributed by atoms with Gasteiger partial charge in [-0.05, 0) is 24.3 Å². The first-order valence-corrected chi connectivity index (χ1v) is 7.35. The van der Waals surface area contributed by atoms with E-state index < -0.39 is 18.2 Å². The molecule has 2 N–H and O–H groups in total. The Balaban J connectivity index is 1.75. The average molecular weight is 291 g/mol.